The minimum Gasteiger partial charge on any atom is -0.497 e. The average Bonchev–Trinajstić information content (AvgIpc) is 3.11. The van der Waals surface area contributed by atoms with Gasteiger partial charge >= 0.3 is 6.09 Å². The Morgan fingerprint density at radius 2 is 1.69 bits per heavy atom. The molecule has 0 bridgehead atoms. The van der Waals surface area contributed by atoms with Gasteiger partial charge in [0, 0.05) is 30.3 Å². The Kier molecular flexibility index (Phi) is 6.11. The van der Waals surface area contributed by atoms with Gasteiger partial charge in [0.25, 0.3) is 0 Å². The van der Waals surface area contributed by atoms with Crippen molar-refractivity contribution >= 4 is 23.4 Å². The highest BCUT2D eigenvalue weighted by Crippen LogP contribution is 2.26. The number of halogens is 1. The summed E-state index contributed by atoms with van der Waals surface area (Å²) >= 11 is 5.92. The fraction of sp³-hybridized carbons (Fsp3) is 0.409. The van der Waals surface area contributed by atoms with Crippen LogP contribution in [0.15, 0.2) is 48.5 Å². The Morgan fingerprint density at radius 1 is 1.03 bits per heavy atom. The molecule has 0 aliphatic carbocycles. The van der Waals surface area contributed by atoms with Gasteiger partial charge < -0.3 is 14.2 Å². The van der Waals surface area contributed by atoms with Gasteiger partial charge in [0.05, 0.1) is 13.7 Å². The van der Waals surface area contributed by atoms with E-state index in [-0.39, 0.29) is 18.3 Å². The number of nitrogens with zero attached hydrogens (tertiary/aromatic N) is 2. The van der Waals surface area contributed by atoms with Gasteiger partial charge in [-0.15, -0.1) is 0 Å². The first-order valence-electron chi connectivity index (χ1n) is 9.87. The second-order valence-electron chi connectivity index (χ2n) is 7.39. The predicted molar refractivity (Wildman–Crippen MR) is 112 cm³/mol. The van der Waals surface area contributed by atoms with E-state index in [4.69, 9.17) is 25.8 Å². The second kappa shape index (κ2) is 8.93. The van der Waals surface area contributed by atoms with Crippen molar-refractivity contribution in [2.75, 3.05) is 38.2 Å². The van der Waals surface area contributed by atoms with Crippen LogP contribution in [0.1, 0.15) is 12.8 Å². The van der Waals surface area contributed by atoms with E-state index in [0.717, 1.165) is 49.7 Å². The number of piperidine rings is 1. The van der Waals surface area contributed by atoms with Crippen LogP contribution in [0, 0.1) is 0 Å². The summed E-state index contributed by atoms with van der Waals surface area (Å²) in [5.74, 6) is 1.62. The minimum absolute atomic E-state index is 0.127. The molecule has 2 saturated heterocycles. The first-order chi connectivity index (χ1) is 14.1. The molecule has 29 heavy (non-hydrogen) atoms. The minimum atomic E-state index is -0.291. The van der Waals surface area contributed by atoms with Crippen molar-refractivity contribution in [3.05, 3.63) is 53.6 Å². The summed E-state index contributed by atoms with van der Waals surface area (Å²) in [5.41, 5.74) is 0.827. The van der Waals surface area contributed by atoms with Crippen molar-refractivity contribution in [1.82, 2.24) is 4.90 Å². The number of rotatable bonds is 6. The monoisotopic (exact) mass is 416 g/mol. The first kappa shape index (κ1) is 19.9. The van der Waals surface area contributed by atoms with E-state index in [1.165, 1.54) is 0 Å². The van der Waals surface area contributed by atoms with Gasteiger partial charge in [0.2, 0.25) is 0 Å². The second-order valence-corrected chi connectivity index (χ2v) is 7.82. The number of amides is 1. The van der Waals surface area contributed by atoms with Gasteiger partial charge in [-0.25, -0.2) is 4.79 Å². The Hall–Kier alpha value is -2.44. The van der Waals surface area contributed by atoms with Crippen LogP contribution in [-0.2, 0) is 4.74 Å². The Morgan fingerprint density at radius 3 is 2.34 bits per heavy atom. The molecule has 2 aliphatic rings. The van der Waals surface area contributed by atoms with Crippen molar-refractivity contribution < 1.29 is 19.0 Å². The third-order valence-electron chi connectivity index (χ3n) is 5.37. The maximum absolute atomic E-state index is 12.3. The largest absolute Gasteiger partial charge is 0.497 e. The SMILES string of the molecule is COc1ccc(N2C[C@H](CN3CCC(Oc4ccc(Cl)cc4)CC3)OC2=O)cc1. The molecule has 2 heterocycles. The van der Waals surface area contributed by atoms with Crippen LogP contribution in [-0.4, -0.2) is 56.5 Å². The van der Waals surface area contributed by atoms with Crippen LogP contribution in [0.4, 0.5) is 10.5 Å². The molecule has 0 aromatic heterocycles. The van der Waals surface area contributed by atoms with E-state index in [2.05, 4.69) is 4.90 Å². The number of hydrogen-bond donors (Lipinski definition) is 0. The molecule has 2 fully saturated rings. The Labute approximate surface area is 175 Å². The molecule has 6 nitrogen and oxygen atoms in total. The van der Waals surface area contributed by atoms with Crippen molar-refractivity contribution in [2.24, 2.45) is 0 Å². The highest BCUT2D eigenvalue weighted by atomic mass is 35.5. The molecule has 0 N–H and O–H groups in total. The van der Waals surface area contributed by atoms with Crippen LogP contribution in [0.3, 0.4) is 0 Å². The zero-order valence-electron chi connectivity index (χ0n) is 16.4. The molecule has 1 atom stereocenters. The summed E-state index contributed by atoms with van der Waals surface area (Å²) in [5, 5.41) is 0.710. The summed E-state index contributed by atoms with van der Waals surface area (Å²) in [4.78, 5) is 16.3. The zero-order valence-corrected chi connectivity index (χ0v) is 17.2. The highest BCUT2D eigenvalue weighted by Gasteiger charge is 2.34. The summed E-state index contributed by atoms with van der Waals surface area (Å²) in [7, 11) is 1.62. The van der Waals surface area contributed by atoms with Gasteiger partial charge in [0.15, 0.2) is 0 Å². The van der Waals surface area contributed by atoms with Crippen molar-refractivity contribution in [2.45, 2.75) is 25.0 Å². The zero-order chi connectivity index (χ0) is 20.2. The molecular weight excluding hydrogens is 392 g/mol. The normalized spacial score (nSPS) is 20.6. The fourth-order valence-corrected chi connectivity index (χ4v) is 3.92. The lowest BCUT2D eigenvalue weighted by Crippen LogP contribution is -2.42. The fourth-order valence-electron chi connectivity index (χ4n) is 3.79. The lowest BCUT2D eigenvalue weighted by molar-refractivity contribution is 0.0655. The van der Waals surface area contributed by atoms with E-state index in [0.29, 0.717) is 11.6 Å². The quantitative estimate of drug-likeness (QED) is 0.705. The summed E-state index contributed by atoms with van der Waals surface area (Å²) in [6.07, 6.45) is 1.69. The summed E-state index contributed by atoms with van der Waals surface area (Å²) in [6.45, 7) is 3.15. The van der Waals surface area contributed by atoms with Crippen LogP contribution in [0.5, 0.6) is 11.5 Å². The van der Waals surface area contributed by atoms with E-state index < -0.39 is 0 Å². The van der Waals surface area contributed by atoms with Gasteiger partial charge in [-0.1, -0.05) is 11.6 Å². The van der Waals surface area contributed by atoms with Crippen LogP contribution in [0.25, 0.3) is 0 Å². The molecule has 2 aromatic rings. The number of benzene rings is 2. The number of carbonyl (C=O) groups excluding carboxylic acids is 1. The molecule has 4 rings (SSSR count). The maximum atomic E-state index is 12.3. The number of likely N-dealkylation sites (tertiary alicyclic amines) is 1. The van der Waals surface area contributed by atoms with E-state index in [1.54, 1.807) is 12.0 Å². The topological polar surface area (TPSA) is 51.2 Å². The molecule has 2 aliphatic heterocycles. The molecule has 0 unspecified atom stereocenters. The van der Waals surface area contributed by atoms with Gasteiger partial charge in [0.1, 0.15) is 23.7 Å². The van der Waals surface area contributed by atoms with Crippen LogP contribution >= 0.6 is 11.6 Å². The predicted octanol–water partition coefficient (Wildman–Crippen LogP) is 4.22. The van der Waals surface area contributed by atoms with Gasteiger partial charge in [-0.05, 0) is 61.4 Å². The lowest BCUT2D eigenvalue weighted by atomic mass is 10.1. The molecule has 0 spiro atoms. The average molecular weight is 417 g/mol. The molecule has 7 heteroatoms. The van der Waals surface area contributed by atoms with E-state index in [1.807, 2.05) is 48.5 Å². The highest BCUT2D eigenvalue weighted by molar-refractivity contribution is 6.30. The maximum Gasteiger partial charge on any atom is 0.414 e. The van der Waals surface area contributed by atoms with Crippen LogP contribution in [0.2, 0.25) is 5.02 Å². The molecule has 0 saturated carbocycles. The van der Waals surface area contributed by atoms with E-state index in [9.17, 15) is 4.79 Å². The third kappa shape index (κ3) is 4.95. The number of ether oxygens (including phenoxy) is 3. The molecule has 154 valence electrons. The Balaban J connectivity index is 1.25. The first-order valence-corrected chi connectivity index (χ1v) is 10.3. The van der Waals surface area contributed by atoms with E-state index >= 15 is 0 Å². The number of hydrogen-bond acceptors (Lipinski definition) is 5. The number of carbonyl (C=O) groups is 1. The number of methoxy groups -OCH3 is 1. The van der Waals surface area contributed by atoms with Crippen molar-refractivity contribution in [3.8, 4) is 11.5 Å². The standard InChI is InChI=1S/C22H25ClN2O4/c1-27-18-8-4-17(5-9-18)25-15-21(29-22(25)26)14-24-12-10-20(11-13-24)28-19-6-2-16(23)3-7-19/h2-9,20-21H,10-15H2,1H3/t21-/m0/s1. The van der Waals surface area contributed by atoms with Crippen molar-refractivity contribution in [3.63, 3.8) is 0 Å². The Bertz CT molecular complexity index is 820. The summed E-state index contributed by atoms with van der Waals surface area (Å²) in [6, 6.07) is 14.9. The van der Waals surface area contributed by atoms with Crippen LogP contribution < -0.4 is 14.4 Å². The van der Waals surface area contributed by atoms with Gasteiger partial charge in [-0.2, -0.15) is 0 Å². The molecule has 1 amide bonds. The molecule has 0 radical (unpaired) electrons. The third-order valence-corrected chi connectivity index (χ3v) is 5.62. The molecule has 2 aromatic carbocycles. The summed E-state index contributed by atoms with van der Waals surface area (Å²) < 4.78 is 16.8. The molecular formula is C22H25ClN2O4. The van der Waals surface area contributed by atoms with Crippen molar-refractivity contribution in [1.29, 1.82) is 0 Å². The smallest absolute Gasteiger partial charge is 0.414 e. The number of cyclic esters (lactones) is 1. The lowest BCUT2D eigenvalue weighted by Gasteiger charge is -2.33. The van der Waals surface area contributed by atoms with Gasteiger partial charge in [-0.3, -0.25) is 9.80 Å². The number of anilines is 1.